The number of hydrogen-bond donors (Lipinski definition) is 0. The van der Waals surface area contributed by atoms with E-state index in [0.717, 1.165) is 40.9 Å². The van der Waals surface area contributed by atoms with E-state index in [9.17, 15) is 0 Å². The van der Waals surface area contributed by atoms with Crippen LogP contribution in [-0.4, -0.2) is 24.0 Å². The van der Waals surface area contributed by atoms with E-state index in [1.165, 1.54) is 12.1 Å². The van der Waals surface area contributed by atoms with Gasteiger partial charge in [-0.2, -0.15) is 10.2 Å². The van der Waals surface area contributed by atoms with Gasteiger partial charge in [0.15, 0.2) is 0 Å². The van der Waals surface area contributed by atoms with Crippen LogP contribution in [0.25, 0.3) is 0 Å². The van der Waals surface area contributed by atoms with E-state index < -0.39 is 0 Å². The maximum atomic E-state index is 6.46. The summed E-state index contributed by atoms with van der Waals surface area (Å²) in [5, 5.41) is 9.08. The minimum Gasteiger partial charge on any atom is -0.369 e. The molecule has 0 saturated carbocycles. The molecular formula is C16H20ClN3. The highest BCUT2D eigenvalue weighted by Gasteiger charge is 2.27. The van der Waals surface area contributed by atoms with Crippen LogP contribution < -0.4 is 4.90 Å². The molecule has 0 radical (unpaired) electrons. The first-order valence-corrected chi connectivity index (χ1v) is 7.60. The zero-order valence-corrected chi connectivity index (χ0v) is 13.0. The molecular weight excluding hydrogens is 270 g/mol. The van der Waals surface area contributed by atoms with Crippen molar-refractivity contribution in [3.05, 3.63) is 28.8 Å². The second-order valence-electron chi connectivity index (χ2n) is 5.92. The van der Waals surface area contributed by atoms with E-state index in [2.05, 4.69) is 47.1 Å². The number of benzene rings is 1. The van der Waals surface area contributed by atoms with Gasteiger partial charge in [-0.05, 0) is 44.4 Å². The first-order valence-electron chi connectivity index (χ1n) is 7.23. The van der Waals surface area contributed by atoms with Crippen molar-refractivity contribution in [1.29, 1.82) is 0 Å². The Bertz CT molecular complexity index is 591. The Balaban J connectivity index is 1.85. The van der Waals surface area contributed by atoms with Gasteiger partial charge < -0.3 is 4.90 Å². The van der Waals surface area contributed by atoms with Crippen LogP contribution >= 0.6 is 11.6 Å². The van der Waals surface area contributed by atoms with E-state index >= 15 is 0 Å². The smallest absolute Gasteiger partial charge is 0.0774 e. The number of rotatable bonds is 2. The van der Waals surface area contributed by atoms with E-state index in [1.807, 2.05) is 6.92 Å². The third kappa shape index (κ3) is 2.35. The second kappa shape index (κ2) is 5.21. The molecule has 3 rings (SSSR count). The average molecular weight is 290 g/mol. The third-order valence-electron chi connectivity index (χ3n) is 4.50. The topological polar surface area (TPSA) is 28.0 Å². The predicted molar refractivity (Wildman–Crippen MR) is 86.3 cm³/mol. The molecule has 106 valence electrons. The van der Waals surface area contributed by atoms with Crippen LogP contribution in [-0.2, 0) is 0 Å². The lowest BCUT2D eigenvalue weighted by Gasteiger charge is -2.26. The summed E-state index contributed by atoms with van der Waals surface area (Å²) in [5.41, 5.74) is 4.24. The van der Waals surface area contributed by atoms with Crippen LogP contribution in [0.15, 0.2) is 28.4 Å². The fourth-order valence-electron chi connectivity index (χ4n) is 2.98. The fourth-order valence-corrected chi connectivity index (χ4v) is 3.27. The Hall–Kier alpha value is -1.35. The molecule has 2 heterocycles. The van der Waals surface area contributed by atoms with Crippen LogP contribution in [0.1, 0.15) is 39.2 Å². The first-order chi connectivity index (χ1) is 9.56. The summed E-state index contributed by atoms with van der Waals surface area (Å²) in [6.07, 6.45) is 2.05. The van der Waals surface area contributed by atoms with Crippen molar-refractivity contribution < 1.29 is 0 Å². The van der Waals surface area contributed by atoms with Gasteiger partial charge in [0.2, 0.25) is 0 Å². The van der Waals surface area contributed by atoms with Crippen LogP contribution in [0.3, 0.4) is 0 Å². The first kappa shape index (κ1) is 13.6. The van der Waals surface area contributed by atoms with Gasteiger partial charge in [0.25, 0.3) is 0 Å². The minimum atomic E-state index is 0.575. The quantitative estimate of drug-likeness (QED) is 0.804. The van der Waals surface area contributed by atoms with Crippen LogP contribution in [0.2, 0.25) is 5.02 Å². The van der Waals surface area contributed by atoms with Crippen LogP contribution in [0.4, 0.5) is 5.69 Å². The summed E-state index contributed by atoms with van der Waals surface area (Å²) in [7, 11) is 0. The van der Waals surface area contributed by atoms with Gasteiger partial charge in [0, 0.05) is 36.0 Å². The van der Waals surface area contributed by atoms with Crippen LogP contribution in [0.5, 0.6) is 0 Å². The summed E-state index contributed by atoms with van der Waals surface area (Å²) in [6, 6.07) is 6.89. The molecule has 2 atom stereocenters. The highest BCUT2D eigenvalue weighted by molar-refractivity contribution is 6.35. The normalized spacial score (nSPS) is 25.9. The molecule has 4 heteroatoms. The highest BCUT2D eigenvalue weighted by atomic mass is 35.5. The van der Waals surface area contributed by atoms with E-state index in [4.69, 9.17) is 11.6 Å². The SMILES string of the molecule is CC1=NN=C(c2ccc(N3CCC(C)[C@@H]3C)cc2Cl)C1. The molecule has 0 aliphatic carbocycles. The molecule has 1 aromatic carbocycles. The Morgan fingerprint density at radius 1 is 1.25 bits per heavy atom. The van der Waals surface area contributed by atoms with Gasteiger partial charge in [-0.25, -0.2) is 0 Å². The van der Waals surface area contributed by atoms with Crippen molar-refractivity contribution in [2.24, 2.45) is 16.1 Å². The largest absolute Gasteiger partial charge is 0.369 e. The molecule has 0 N–H and O–H groups in total. The van der Waals surface area contributed by atoms with Crippen molar-refractivity contribution >= 4 is 28.7 Å². The summed E-state index contributed by atoms with van der Waals surface area (Å²) in [4.78, 5) is 2.44. The molecule has 0 bridgehead atoms. The van der Waals surface area contributed by atoms with Gasteiger partial charge in [-0.3, -0.25) is 0 Å². The second-order valence-corrected chi connectivity index (χ2v) is 6.33. The van der Waals surface area contributed by atoms with Crippen molar-refractivity contribution in [1.82, 2.24) is 0 Å². The molecule has 1 unspecified atom stereocenters. The van der Waals surface area contributed by atoms with E-state index in [-0.39, 0.29) is 0 Å². The zero-order chi connectivity index (χ0) is 14.3. The summed E-state index contributed by atoms with van der Waals surface area (Å²) in [5.74, 6) is 0.740. The molecule has 0 spiro atoms. The monoisotopic (exact) mass is 289 g/mol. The van der Waals surface area contributed by atoms with Gasteiger partial charge in [0.05, 0.1) is 10.7 Å². The standard InChI is InChI=1S/C16H20ClN3/c1-10-6-7-20(12(10)3)13-4-5-14(15(17)9-13)16-8-11(2)18-19-16/h4-5,9-10,12H,6-8H2,1-3H3/t10?,12-/m0/s1. The van der Waals surface area contributed by atoms with Crippen molar-refractivity contribution in [2.45, 2.75) is 39.7 Å². The average Bonchev–Trinajstić information content (AvgIpc) is 2.97. The Labute approximate surface area is 125 Å². The molecule has 20 heavy (non-hydrogen) atoms. The van der Waals surface area contributed by atoms with Crippen molar-refractivity contribution in [2.75, 3.05) is 11.4 Å². The lowest BCUT2D eigenvalue weighted by atomic mass is 10.0. The molecule has 2 aliphatic heterocycles. The maximum absolute atomic E-state index is 6.46. The predicted octanol–water partition coefficient (Wildman–Crippen LogP) is 4.14. The molecule has 1 saturated heterocycles. The summed E-state index contributed by atoms with van der Waals surface area (Å²) in [6.45, 7) is 7.71. The number of anilines is 1. The number of halogens is 1. The molecule has 1 aromatic rings. The van der Waals surface area contributed by atoms with Crippen LogP contribution in [0, 0.1) is 5.92 Å². The highest BCUT2D eigenvalue weighted by Crippen LogP contribution is 2.32. The number of hydrogen-bond acceptors (Lipinski definition) is 3. The van der Waals surface area contributed by atoms with Crippen molar-refractivity contribution in [3.8, 4) is 0 Å². The Kier molecular flexibility index (Phi) is 3.55. The van der Waals surface area contributed by atoms with Crippen molar-refractivity contribution in [3.63, 3.8) is 0 Å². The summed E-state index contributed by atoms with van der Waals surface area (Å²) < 4.78 is 0. The molecule has 2 aliphatic rings. The van der Waals surface area contributed by atoms with Gasteiger partial charge in [-0.15, -0.1) is 0 Å². The summed E-state index contributed by atoms with van der Waals surface area (Å²) >= 11 is 6.46. The third-order valence-corrected chi connectivity index (χ3v) is 4.81. The Morgan fingerprint density at radius 3 is 2.60 bits per heavy atom. The lowest BCUT2D eigenvalue weighted by molar-refractivity contribution is 0.546. The van der Waals surface area contributed by atoms with Gasteiger partial charge >= 0.3 is 0 Å². The van der Waals surface area contributed by atoms with Gasteiger partial charge in [-0.1, -0.05) is 18.5 Å². The van der Waals surface area contributed by atoms with E-state index in [0.29, 0.717) is 6.04 Å². The Morgan fingerprint density at radius 2 is 2.05 bits per heavy atom. The van der Waals surface area contributed by atoms with E-state index in [1.54, 1.807) is 0 Å². The lowest BCUT2D eigenvalue weighted by Crippen LogP contribution is -2.29. The molecule has 0 aromatic heterocycles. The maximum Gasteiger partial charge on any atom is 0.0774 e. The molecule has 3 nitrogen and oxygen atoms in total. The molecule has 0 amide bonds. The zero-order valence-electron chi connectivity index (χ0n) is 12.2. The fraction of sp³-hybridized carbons (Fsp3) is 0.500. The molecule has 1 fully saturated rings. The minimum absolute atomic E-state index is 0.575. The van der Waals surface area contributed by atoms with Gasteiger partial charge in [0.1, 0.15) is 0 Å². The number of nitrogens with zero attached hydrogens (tertiary/aromatic N) is 3.